The number of benzene rings is 2. The maximum atomic E-state index is 6.18. The molecule has 0 bridgehead atoms. The second kappa shape index (κ2) is 8.54. The van der Waals surface area contributed by atoms with Crippen molar-refractivity contribution in [3.63, 3.8) is 0 Å². The van der Waals surface area contributed by atoms with E-state index in [1.54, 1.807) is 19.4 Å². The van der Waals surface area contributed by atoms with Crippen LogP contribution in [0.5, 0.6) is 5.75 Å². The molecule has 134 valence electrons. The van der Waals surface area contributed by atoms with Crippen LogP contribution in [0.15, 0.2) is 60.8 Å². The van der Waals surface area contributed by atoms with Crippen molar-refractivity contribution in [2.75, 3.05) is 23.9 Å². The van der Waals surface area contributed by atoms with E-state index in [4.69, 9.17) is 16.3 Å². The monoisotopic (exact) mass is 368 g/mol. The highest BCUT2D eigenvalue weighted by molar-refractivity contribution is 6.32. The van der Waals surface area contributed by atoms with E-state index in [-0.39, 0.29) is 0 Å². The molecule has 0 aliphatic carbocycles. The molecular weight excluding hydrogens is 348 g/mol. The molecule has 0 aliphatic rings. The Balaban J connectivity index is 1.77. The molecule has 1 N–H and O–H groups in total. The number of anilines is 3. The highest BCUT2D eigenvalue weighted by Crippen LogP contribution is 2.28. The maximum absolute atomic E-state index is 6.18. The van der Waals surface area contributed by atoms with Crippen molar-refractivity contribution in [2.45, 2.75) is 13.5 Å². The molecule has 3 rings (SSSR count). The van der Waals surface area contributed by atoms with E-state index >= 15 is 0 Å². The van der Waals surface area contributed by atoms with Crippen molar-refractivity contribution >= 4 is 29.1 Å². The average Bonchev–Trinajstić information content (AvgIpc) is 2.67. The number of nitrogens with one attached hydrogen (secondary N) is 1. The van der Waals surface area contributed by atoms with Gasteiger partial charge in [-0.2, -0.15) is 4.98 Å². The Morgan fingerprint density at radius 3 is 2.62 bits per heavy atom. The first kappa shape index (κ1) is 18.0. The normalized spacial score (nSPS) is 10.4. The molecule has 0 aliphatic heterocycles. The Labute approximate surface area is 158 Å². The summed E-state index contributed by atoms with van der Waals surface area (Å²) >= 11 is 6.18. The summed E-state index contributed by atoms with van der Waals surface area (Å²) in [5.74, 6) is 2.02. The Hall–Kier alpha value is -2.79. The summed E-state index contributed by atoms with van der Waals surface area (Å²) in [6, 6.07) is 17.7. The molecule has 0 amide bonds. The summed E-state index contributed by atoms with van der Waals surface area (Å²) in [6.07, 6.45) is 1.75. The van der Waals surface area contributed by atoms with E-state index in [1.807, 2.05) is 36.4 Å². The third kappa shape index (κ3) is 4.43. The number of nitrogens with zero attached hydrogens (tertiary/aromatic N) is 3. The topological polar surface area (TPSA) is 50.3 Å². The smallest absolute Gasteiger partial charge is 0.229 e. The van der Waals surface area contributed by atoms with Gasteiger partial charge in [0.1, 0.15) is 11.6 Å². The summed E-state index contributed by atoms with van der Waals surface area (Å²) < 4.78 is 5.17. The maximum Gasteiger partial charge on any atom is 0.229 e. The van der Waals surface area contributed by atoms with E-state index in [1.165, 1.54) is 5.56 Å². The second-order valence-electron chi connectivity index (χ2n) is 5.71. The summed E-state index contributed by atoms with van der Waals surface area (Å²) in [7, 11) is 1.59. The van der Waals surface area contributed by atoms with Gasteiger partial charge in [-0.3, -0.25) is 0 Å². The molecular formula is C20H21ClN4O. The molecule has 0 spiro atoms. The van der Waals surface area contributed by atoms with Crippen molar-refractivity contribution < 1.29 is 4.74 Å². The molecule has 0 radical (unpaired) electrons. The number of methoxy groups -OCH3 is 1. The minimum atomic E-state index is 0.523. The lowest BCUT2D eigenvalue weighted by atomic mass is 10.2. The standard InChI is InChI=1S/C20H21ClN4O/c1-3-25(14-15-7-5-4-6-8-15)19-11-12-22-20(24-19)23-16-9-10-18(26-2)17(21)13-16/h4-13H,3,14H2,1-2H3,(H,22,23,24). The molecule has 1 heterocycles. The molecule has 5 nitrogen and oxygen atoms in total. The molecule has 2 aromatic carbocycles. The van der Waals surface area contributed by atoms with Crippen LogP contribution in [0.25, 0.3) is 0 Å². The van der Waals surface area contributed by atoms with E-state index in [0.29, 0.717) is 16.7 Å². The van der Waals surface area contributed by atoms with Crippen LogP contribution in [0.4, 0.5) is 17.5 Å². The Morgan fingerprint density at radius 2 is 1.92 bits per heavy atom. The third-order valence-electron chi connectivity index (χ3n) is 3.97. The number of rotatable bonds is 7. The average molecular weight is 369 g/mol. The van der Waals surface area contributed by atoms with Crippen LogP contribution < -0.4 is 15.0 Å². The second-order valence-corrected chi connectivity index (χ2v) is 6.12. The zero-order valence-corrected chi connectivity index (χ0v) is 15.6. The number of hydrogen-bond acceptors (Lipinski definition) is 5. The SMILES string of the molecule is CCN(Cc1ccccc1)c1ccnc(Nc2ccc(OC)c(Cl)c2)n1. The van der Waals surface area contributed by atoms with Gasteiger partial charge in [-0.25, -0.2) is 4.98 Å². The van der Waals surface area contributed by atoms with Crippen LogP contribution in [0.1, 0.15) is 12.5 Å². The fraction of sp³-hybridized carbons (Fsp3) is 0.200. The minimum Gasteiger partial charge on any atom is -0.495 e. The molecule has 0 atom stereocenters. The van der Waals surface area contributed by atoms with Crippen LogP contribution >= 0.6 is 11.6 Å². The Bertz CT molecular complexity index is 857. The van der Waals surface area contributed by atoms with Crippen LogP contribution in [-0.2, 0) is 6.54 Å². The first-order chi connectivity index (χ1) is 12.7. The Morgan fingerprint density at radius 1 is 1.12 bits per heavy atom. The molecule has 3 aromatic rings. The summed E-state index contributed by atoms with van der Waals surface area (Å²) in [4.78, 5) is 11.1. The van der Waals surface area contributed by atoms with Gasteiger partial charge in [0.2, 0.25) is 5.95 Å². The van der Waals surface area contributed by atoms with Crippen LogP contribution in [0, 0.1) is 0 Å². The lowest BCUT2D eigenvalue weighted by Crippen LogP contribution is -2.23. The number of hydrogen-bond donors (Lipinski definition) is 1. The zero-order chi connectivity index (χ0) is 18.4. The molecule has 0 unspecified atom stereocenters. The highest BCUT2D eigenvalue weighted by atomic mass is 35.5. The van der Waals surface area contributed by atoms with Crippen molar-refractivity contribution in [1.29, 1.82) is 0 Å². The largest absolute Gasteiger partial charge is 0.495 e. The molecule has 1 aromatic heterocycles. The molecule has 0 saturated heterocycles. The van der Waals surface area contributed by atoms with Gasteiger partial charge in [-0.05, 0) is 36.8 Å². The van der Waals surface area contributed by atoms with Gasteiger partial charge in [0.05, 0.1) is 12.1 Å². The first-order valence-corrected chi connectivity index (χ1v) is 8.80. The fourth-order valence-corrected chi connectivity index (χ4v) is 2.88. The quantitative estimate of drug-likeness (QED) is 0.642. The minimum absolute atomic E-state index is 0.523. The predicted octanol–water partition coefficient (Wildman–Crippen LogP) is 4.91. The molecule has 6 heteroatoms. The molecule has 26 heavy (non-hydrogen) atoms. The molecule has 0 fully saturated rings. The Kier molecular flexibility index (Phi) is 5.92. The van der Waals surface area contributed by atoms with E-state index in [9.17, 15) is 0 Å². The fourth-order valence-electron chi connectivity index (χ4n) is 2.62. The third-order valence-corrected chi connectivity index (χ3v) is 4.27. The van der Waals surface area contributed by atoms with Gasteiger partial charge in [0.25, 0.3) is 0 Å². The van der Waals surface area contributed by atoms with E-state index < -0.39 is 0 Å². The van der Waals surface area contributed by atoms with Crippen molar-refractivity contribution in [3.05, 3.63) is 71.4 Å². The highest BCUT2D eigenvalue weighted by Gasteiger charge is 2.09. The van der Waals surface area contributed by atoms with Gasteiger partial charge >= 0.3 is 0 Å². The van der Waals surface area contributed by atoms with Crippen LogP contribution in [-0.4, -0.2) is 23.6 Å². The van der Waals surface area contributed by atoms with Crippen LogP contribution in [0.2, 0.25) is 5.02 Å². The summed E-state index contributed by atoms with van der Waals surface area (Å²) in [5.41, 5.74) is 2.04. The van der Waals surface area contributed by atoms with Gasteiger partial charge < -0.3 is 15.0 Å². The molecule has 0 saturated carbocycles. The van der Waals surface area contributed by atoms with Gasteiger partial charge in [-0.1, -0.05) is 41.9 Å². The van der Waals surface area contributed by atoms with Crippen LogP contribution in [0.3, 0.4) is 0 Å². The van der Waals surface area contributed by atoms with Gasteiger partial charge in [0.15, 0.2) is 0 Å². The van der Waals surface area contributed by atoms with Crippen molar-refractivity contribution in [2.24, 2.45) is 0 Å². The number of ether oxygens (including phenoxy) is 1. The van der Waals surface area contributed by atoms with E-state index in [0.717, 1.165) is 24.6 Å². The lowest BCUT2D eigenvalue weighted by Gasteiger charge is -2.22. The summed E-state index contributed by atoms with van der Waals surface area (Å²) in [5, 5.41) is 3.73. The van der Waals surface area contributed by atoms with E-state index in [2.05, 4.69) is 39.2 Å². The first-order valence-electron chi connectivity index (χ1n) is 8.42. The lowest BCUT2D eigenvalue weighted by molar-refractivity contribution is 0.415. The predicted molar refractivity (Wildman–Crippen MR) is 106 cm³/mol. The number of halogens is 1. The number of aromatic nitrogens is 2. The zero-order valence-electron chi connectivity index (χ0n) is 14.8. The van der Waals surface area contributed by atoms with Crippen molar-refractivity contribution in [3.8, 4) is 5.75 Å². The van der Waals surface area contributed by atoms with Crippen molar-refractivity contribution in [1.82, 2.24) is 9.97 Å². The summed E-state index contributed by atoms with van der Waals surface area (Å²) in [6.45, 7) is 3.75. The van der Waals surface area contributed by atoms with Gasteiger partial charge in [-0.15, -0.1) is 0 Å². The van der Waals surface area contributed by atoms with Gasteiger partial charge in [0, 0.05) is 25.0 Å².